The van der Waals surface area contributed by atoms with E-state index < -0.39 is 23.7 Å². The number of halogens is 3. The lowest BCUT2D eigenvalue weighted by atomic mass is 10.1. The number of fused-ring (bicyclic) bond motifs is 1. The number of aryl methyl sites for hydroxylation is 1. The van der Waals surface area contributed by atoms with Gasteiger partial charge >= 0.3 is 0 Å². The van der Waals surface area contributed by atoms with Crippen LogP contribution in [0.15, 0.2) is 36.7 Å². The lowest BCUT2D eigenvalue weighted by Gasteiger charge is -2.23. The molecule has 1 amide bonds. The Morgan fingerprint density at radius 2 is 2.16 bits per heavy atom. The van der Waals surface area contributed by atoms with Gasteiger partial charge in [-0.3, -0.25) is 9.78 Å². The summed E-state index contributed by atoms with van der Waals surface area (Å²) in [5.74, 6) is -1.83. The van der Waals surface area contributed by atoms with Crippen LogP contribution in [-0.2, 0) is 9.53 Å². The number of ether oxygens (including phenoxy) is 1. The number of anilines is 1. The highest BCUT2D eigenvalue weighted by Crippen LogP contribution is 2.31. The van der Waals surface area contributed by atoms with Crippen molar-refractivity contribution in [3.63, 3.8) is 0 Å². The number of rotatable bonds is 5. The molecule has 1 aliphatic rings. The maximum atomic E-state index is 13.8. The van der Waals surface area contributed by atoms with Crippen LogP contribution in [0.5, 0.6) is 0 Å². The molecule has 0 spiro atoms. The molecule has 4 rings (SSSR count). The Balaban J connectivity index is 1.55. The summed E-state index contributed by atoms with van der Waals surface area (Å²) in [6, 6.07) is 5.58. The van der Waals surface area contributed by atoms with Crippen molar-refractivity contribution in [3.05, 3.63) is 59.3 Å². The van der Waals surface area contributed by atoms with Crippen LogP contribution < -0.4 is 5.32 Å². The van der Waals surface area contributed by atoms with Crippen LogP contribution in [0.25, 0.3) is 17.0 Å². The van der Waals surface area contributed by atoms with Crippen LogP contribution in [0.3, 0.4) is 0 Å². The zero-order valence-corrected chi connectivity index (χ0v) is 16.8. The van der Waals surface area contributed by atoms with Gasteiger partial charge in [-0.15, -0.1) is 0 Å². The number of carbonyl (C=O) groups excluding carboxylic acids is 1. The molecule has 0 aliphatic carbocycles. The van der Waals surface area contributed by atoms with E-state index in [0.717, 1.165) is 41.9 Å². The first-order chi connectivity index (χ1) is 14.9. The van der Waals surface area contributed by atoms with E-state index in [9.17, 15) is 18.0 Å². The highest BCUT2D eigenvalue weighted by atomic mass is 19.3. The molecule has 3 aromatic rings. The Morgan fingerprint density at radius 1 is 1.32 bits per heavy atom. The summed E-state index contributed by atoms with van der Waals surface area (Å²) >= 11 is 0. The van der Waals surface area contributed by atoms with Gasteiger partial charge in [0, 0.05) is 18.1 Å². The standard InChI is InChI=1S/C22H21F3N4O2/c1-13-21(20(22(24)25)16(23)12-26-13)28-18(30)8-6-14-5-7-15-11-27-29(17(15)10-14)19-4-2-3-9-31-19/h5-8,10-12,19,22H,2-4,9H2,1H3,(H,28,30)/b8-6+. The van der Waals surface area contributed by atoms with Gasteiger partial charge in [0.15, 0.2) is 12.0 Å². The van der Waals surface area contributed by atoms with Crippen molar-refractivity contribution in [2.75, 3.05) is 11.9 Å². The second-order valence-corrected chi connectivity index (χ2v) is 7.33. The van der Waals surface area contributed by atoms with E-state index in [-0.39, 0.29) is 17.6 Å². The number of hydrogen-bond acceptors (Lipinski definition) is 4. The van der Waals surface area contributed by atoms with Gasteiger partial charge in [0.1, 0.15) is 0 Å². The average Bonchev–Trinajstić information content (AvgIpc) is 3.18. The van der Waals surface area contributed by atoms with Gasteiger partial charge in [-0.05, 0) is 43.9 Å². The summed E-state index contributed by atoms with van der Waals surface area (Å²) in [6.07, 6.45) is 5.03. The van der Waals surface area contributed by atoms with E-state index in [0.29, 0.717) is 6.61 Å². The maximum absolute atomic E-state index is 13.8. The lowest BCUT2D eigenvalue weighted by molar-refractivity contribution is -0.111. The molecule has 1 unspecified atom stereocenters. The van der Waals surface area contributed by atoms with Gasteiger partial charge in [0.2, 0.25) is 5.91 Å². The molecule has 6 nitrogen and oxygen atoms in total. The number of carbonyl (C=O) groups is 1. The van der Waals surface area contributed by atoms with E-state index in [1.54, 1.807) is 12.3 Å². The van der Waals surface area contributed by atoms with Crippen LogP contribution in [0.4, 0.5) is 18.9 Å². The number of amides is 1. The molecule has 2 aromatic heterocycles. The first kappa shape index (κ1) is 21.0. The second kappa shape index (κ2) is 8.89. The van der Waals surface area contributed by atoms with E-state index >= 15 is 0 Å². The molecule has 3 heterocycles. The van der Waals surface area contributed by atoms with Crippen molar-refractivity contribution in [2.45, 2.75) is 38.8 Å². The molecular weight excluding hydrogens is 409 g/mol. The average molecular weight is 430 g/mol. The molecule has 1 aromatic carbocycles. The fourth-order valence-electron chi connectivity index (χ4n) is 3.61. The Morgan fingerprint density at radius 3 is 2.90 bits per heavy atom. The topological polar surface area (TPSA) is 69.0 Å². The van der Waals surface area contributed by atoms with Crippen LogP contribution in [0.1, 0.15) is 48.7 Å². The minimum atomic E-state index is -3.08. The summed E-state index contributed by atoms with van der Waals surface area (Å²) in [6.45, 7) is 2.12. The highest BCUT2D eigenvalue weighted by molar-refractivity contribution is 6.03. The molecule has 162 valence electrons. The number of benzene rings is 1. The molecule has 1 aliphatic heterocycles. The lowest BCUT2D eigenvalue weighted by Crippen LogP contribution is -2.18. The van der Waals surface area contributed by atoms with Gasteiger partial charge in [0.25, 0.3) is 6.43 Å². The zero-order chi connectivity index (χ0) is 22.0. The summed E-state index contributed by atoms with van der Waals surface area (Å²) in [5, 5.41) is 7.69. The van der Waals surface area contributed by atoms with Crippen molar-refractivity contribution >= 4 is 28.6 Å². The Bertz CT molecular complexity index is 1140. The largest absolute Gasteiger partial charge is 0.356 e. The van der Waals surface area contributed by atoms with Gasteiger partial charge in [-0.1, -0.05) is 12.1 Å². The highest BCUT2D eigenvalue weighted by Gasteiger charge is 2.22. The van der Waals surface area contributed by atoms with Crippen molar-refractivity contribution in [1.82, 2.24) is 14.8 Å². The quantitative estimate of drug-likeness (QED) is 0.567. The predicted molar refractivity (Wildman–Crippen MR) is 110 cm³/mol. The van der Waals surface area contributed by atoms with Gasteiger partial charge in [0.05, 0.1) is 34.9 Å². The van der Waals surface area contributed by atoms with Gasteiger partial charge < -0.3 is 10.1 Å². The minimum Gasteiger partial charge on any atom is -0.356 e. The molecule has 0 radical (unpaired) electrons. The SMILES string of the molecule is Cc1ncc(F)c(C(F)F)c1NC(=O)/C=C/c1ccc2cnn(C3CCCCO3)c2c1. The molecule has 1 fully saturated rings. The third kappa shape index (κ3) is 4.46. The van der Waals surface area contributed by atoms with E-state index in [1.165, 1.54) is 13.0 Å². The van der Waals surface area contributed by atoms with Crippen LogP contribution in [0.2, 0.25) is 0 Å². The maximum Gasteiger partial charge on any atom is 0.268 e. The minimum absolute atomic E-state index is 0.108. The number of nitrogens with one attached hydrogen (secondary N) is 1. The van der Waals surface area contributed by atoms with E-state index in [1.807, 2.05) is 22.9 Å². The molecule has 9 heteroatoms. The van der Waals surface area contributed by atoms with Crippen LogP contribution in [0, 0.1) is 12.7 Å². The summed E-state index contributed by atoms with van der Waals surface area (Å²) < 4.78 is 47.8. The molecule has 1 atom stereocenters. The Labute approximate surface area is 176 Å². The molecule has 0 saturated carbocycles. The third-order valence-electron chi connectivity index (χ3n) is 5.20. The number of alkyl halides is 2. The summed E-state index contributed by atoms with van der Waals surface area (Å²) in [4.78, 5) is 16.0. The molecule has 1 N–H and O–H groups in total. The fraction of sp³-hybridized carbons (Fsp3) is 0.318. The van der Waals surface area contributed by atoms with Crippen molar-refractivity contribution in [2.24, 2.45) is 0 Å². The number of aromatic nitrogens is 3. The monoisotopic (exact) mass is 430 g/mol. The summed E-state index contributed by atoms with van der Waals surface area (Å²) in [5.41, 5.74) is 0.527. The number of hydrogen-bond donors (Lipinski definition) is 1. The van der Waals surface area contributed by atoms with Gasteiger partial charge in [-0.2, -0.15) is 5.10 Å². The number of nitrogens with zero attached hydrogens (tertiary/aromatic N) is 3. The fourth-order valence-corrected chi connectivity index (χ4v) is 3.61. The Hall–Kier alpha value is -3.20. The van der Waals surface area contributed by atoms with Crippen LogP contribution >= 0.6 is 0 Å². The van der Waals surface area contributed by atoms with Crippen molar-refractivity contribution in [1.29, 1.82) is 0 Å². The summed E-state index contributed by atoms with van der Waals surface area (Å²) in [7, 11) is 0. The normalized spacial score (nSPS) is 17.0. The van der Waals surface area contributed by atoms with Gasteiger partial charge in [-0.25, -0.2) is 17.9 Å². The molecule has 31 heavy (non-hydrogen) atoms. The zero-order valence-electron chi connectivity index (χ0n) is 16.8. The van der Waals surface area contributed by atoms with E-state index in [4.69, 9.17) is 4.74 Å². The third-order valence-corrected chi connectivity index (χ3v) is 5.20. The Kier molecular flexibility index (Phi) is 6.03. The molecular formula is C22H21F3N4O2. The smallest absolute Gasteiger partial charge is 0.268 e. The van der Waals surface area contributed by atoms with Crippen molar-refractivity contribution < 1.29 is 22.7 Å². The van der Waals surface area contributed by atoms with Crippen LogP contribution in [-0.4, -0.2) is 27.3 Å². The second-order valence-electron chi connectivity index (χ2n) is 7.33. The van der Waals surface area contributed by atoms with E-state index in [2.05, 4.69) is 15.4 Å². The number of pyridine rings is 1. The molecule has 1 saturated heterocycles. The predicted octanol–water partition coefficient (Wildman–Crippen LogP) is 5.17. The first-order valence-electron chi connectivity index (χ1n) is 9.95. The molecule has 0 bridgehead atoms. The van der Waals surface area contributed by atoms with Crippen molar-refractivity contribution in [3.8, 4) is 0 Å². The first-order valence-corrected chi connectivity index (χ1v) is 9.95.